The van der Waals surface area contributed by atoms with Crippen LogP contribution in [0, 0.1) is 0 Å². The van der Waals surface area contributed by atoms with E-state index in [-0.39, 0.29) is 18.5 Å². The number of hydrogen-bond acceptors (Lipinski definition) is 5. The average molecular weight is 624 g/mol. The molecule has 0 unspecified atom stereocenters. The second-order valence-electron chi connectivity index (χ2n) is 13.1. The molecule has 0 aliphatic carbocycles. The summed E-state index contributed by atoms with van der Waals surface area (Å²) in [6.45, 7) is 7.30. The molecule has 0 aliphatic heterocycles. The number of unbranched alkanes of at least 4 members (excludes halogenated alkanes) is 24. The van der Waals surface area contributed by atoms with Gasteiger partial charge in [-0.1, -0.05) is 168 Å². The third kappa shape index (κ3) is 30.4. The molecule has 0 aromatic heterocycles. The summed E-state index contributed by atoms with van der Waals surface area (Å²) in [6, 6.07) is -0.519. The summed E-state index contributed by atoms with van der Waals surface area (Å²) in [7, 11) is 0. The Balaban J connectivity index is 4.21. The molecule has 0 aliphatic rings. The van der Waals surface area contributed by atoms with E-state index in [0.717, 1.165) is 32.1 Å². The summed E-state index contributed by atoms with van der Waals surface area (Å²) < 4.78 is 10.9. The molecule has 0 saturated carbocycles. The summed E-state index contributed by atoms with van der Waals surface area (Å²) in [5, 5.41) is 3.02. The number of carbonyl (C=O) groups excluding carboxylic acids is 3. The van der Waals surface area contributed by atoms with Gasteiger partial charge in [0.25, 0.3) is 0 Å². The van der Waals surface area contributed by atoms with Crippen molar-refractivity contribution in [3.05, 3.63) is 0 Å². The molecular weight excluding hydrogens is 550 g/mol. The van der Waals surface area contributed by atoms with Gasteiger partial charge in [0.05, 0.1) is 6.04 Å². The van der Waals surface area contributed by atoms with E-state index < -0.39 is 18.1 Å². The standard InChI is InChI=1S/C38H73NO5/c1-5-7-9-11-13-15-17-18-19-20-22-24-26-28-30-32-38(42)39-36(33-43-34(3)40)37(44-35(4)41)31-29-27-25-23-21-16-14-12-10-8-6-2/h36-37H,5-33H2,1-4H3,(H,39,42)/t36-,37+/m0/s1. The lowest BCUT2D eigenvalue weighted by Gasteiger charge is -2.27. The van der Waals surface area contributed by atoms with E-state index in [9.17, 15) is 14.4 Å². The van der Waals surface area contributed by atoms with Gasteiger partial charge in [0.2, 0.25) is 5.91 Å². The minimum absolute atomic E-state index is 0.0237. The molecule has 0 bridgehead atoms. The number of hydrogen-bond donors (Lipinski definition) is 1. The van der Waals surface area contributed by atoms with Crippen molar-refractivity contribution in [3.8, 4) is 0 Å². The van der Waals surface area contributed by atoms with Crippen LogP contribution in [0.4, 0.5) is 0 Å². The minimum Gasteiger partial charge on any atom is -0.464 e. The molecule has 0 saturated heterocycles. The minimum atomic E-state index is -0.519. The fraction of sp³-hybridized carbons (Fsp3) is 0.921. The largest absolute Gasteiger partial charge is 0.464 e. The van der Waals surface area contributed by atoms with Crippen LogP contribution in [-0.4, -0.2) is 36.6 Å². The summed E-state index contributed by atoms with van der Waals surface area (Å²) in [5.74, 6) is -0.835. The summed E-state index contributed by atoms with van der Waals surface area (Å²) in [6.07, 6.45) is 33.6. The van der Waals surface area contributed by atoms with Gasteiger partial charge in [-0.3, -0.25) is 14.4 Å². The molecule has 0 heterocycles. The molecule has 0 aromatic rings. The Hall–Kier alpha value is -1.59. The van der Waals surface area contributed by atoms with Crippen LogP contribution in [-0.2, 0) is 23.9 Å². The molecule has 0 radical (unpaired) electrons. The molecule has 0 aromatic carbocycles. The van der Waals surface area contributed by atoms with E-state index in [2.05, 4.69) is 19.2 Å². The van der Waals surface area contributed by atoms with Gasteiger partial charge in [-0.05, 0) is 19.3 Å². The lowest BCUT2D eigenvalue weighted by atomic mass is 10.0. The maximum absolute atomic E-state index is 12.8. The number of carbonyl (C=O) groups is 3. The highest BCUT2D eigenvalue weighted by molar-refractivity contribution is 5.76. The Kier molecular flexibility index (Phi) is 31.6. The van der Waals surface area contributed by atoms with E-state index in [4.69, 9.17) is 9.47 Å². The van der Waals surface area contributed by atoms with Crippen LogP contribution in [0.25, 0.3) is 0 Å². The smallest absolute Gasteiger partial charge is 0.302 e. The van der Waals surface area contributed by atoms with E-state index in [1.807, 2.05) is 0 Å². The van der Waals surface area contributed by atoms with Crippen molar-refractivity contribution in [2.45, 2.75) is 220 Å². The first-order valence-electron chi connectivity index (χ1n) is 19.0. The summed E-state index contributed by atoms with van der Waals surface area (Å²) in [4.78, 5) is 36.2. The zero-order valence-corrected chi connectivity index (χ0v) is 29.7. The van der Waals surface area contributed by atoms with Crippen molar-refractivity contribution in [1.82, 2.24) is 5.32 Å². The number of esters is 2. The van der Waals surface area contributed by atoms with Crippen LogP contribution in [0.5, 0.6) is 0 Å². The lowest BCUT2D eigenvalue weighted by molar-refractivity contribution is -0.152. The van der Waals surface area contributed by atoms with Crippen LogP contribution < -0.4 is 5.32 Å². The predicted octanol–water partition coefficient (Wildman–Crippen LogP) is 10.9. The Morgan fingerprint density at radius 2 is 0.864 bits per heavy atom. The van der Waals surface area contributed by atoms with E-state index in [0.29, 0.717) is 12.8 Å². The van der Waals surface area contributed by atoms with Crippen LogP contribution in [0.15, 0.2) is 0 Å². The van der Waals surface area contributed by atoms with Crippen molar-refractivity contribution in [2.24, 2.45) is 0 Å². The summed E-state index contributed by atoms with van der Waals surface area (Å²) in [5.41, 5.74) is 0. The van der Waals surface area contributed by atoms with Crippen molar-refractivity contribution in [2.75, 3.05) is 6.61 Å². The Labute approximate surface area is 273 Å². The zero-order valence-electron chi connectivity index (χ0n) is 29.7. The van der Waals surface area contributed by atoms with Crippen molar-refractivity contribution in [3.63, 3.8) is 0 Å². The van der Waals surface area contributed by atoms with Gasteiger partial charge in [0.1, 0.15) is 12.7 Å². The van der Waals surface area contributed by atoms with Crippen molar-refractivity contribution >= 4 is 17.8 Å². The van der Waals surface area contributed by atoms with Crippen LogP contribution in [0.3, 0.4) is 0 Å². The Morgan fingerprint density at radius 1 is 0.500 bits per heavy atom. The SMILES string of the molecule is CCCCCCCCCCCCCCCCCC(=O)N[C@@H](COC(C)=O)[C@@H](CCCCCCCCCCCCC)OC(C)=O. The normalized spacial score (nSPS) is 12.5. The lowest BCUT2D eigenvalue weighted by Crippen LogP contribution is -2.48. The number of amides is 1. The molecule has 0 rings (SSSR count). The fourth-order valence-corrected chi connectivity index (χ4v) is 5.95. The molecule has 6 nitrogen and oxygen atoms in total. The van der Waals surface area contributed by atoms with Gasteiger partial charge in [-0.25, -0.2) is 0 Å². The first kappa shape index (κ1) is 42.4. The maximum Gasteiger partial charge on any atom is 0.302 e. The monoisotopic (exact) mass is 624 g/mol. The first-order valence-corrected chi connectivity index (χ1v) is 19.0. The second kappa shape index (κ2) is 32.8. The topological polar surface area (TPSA) is 81.7 Å². The molecule has 44 heavy (non-hydrogen) atoms. The van der Waals surface area contributed by atoms with Crippen molar-refractivity contribution in [1.29, 1.82) is 0 Å². The summed E-state index contributed by atoms with van der Waals surface area (Å²) >= 11 is 0. The zero-order chi connectivity index (χ0) is 32.5. The van der Waals surface area contributed by atoms with Gasteiger partial charge >= 0.3 is 11.9 Å². The van der Waals surface area contributed by atoms with E-state index >= 15 is 0 Å². The Bertz CT molecular complexity index is 668. The van der Waals surface area contributed by atoms with Gasteiger partial charge in [-0.15, -0.1) is 0 Å². The third-order valence-corrected chi connectivity index (χ3v) is 8.68. The molecule has 1 N–H and O–H groups in total. The van der Waals surface area contributed by atoms with Gasteiger partial charge in [-0.2, -0.15) is 0 Å². The van der Waals surface area contributed by atoms with E-state index in [1.54, 1.807) is 0 Å². The van der Waals surface area contributed by atoms with Crippen molar-refractivity contribution < 1.29 is 23.9 Å². The number of rotatable bonds is 33. The molecule has 1 amide bonds. The fourth-order valence-electron chi connectivity index (χ4n) is 5.95. The molecule has 260 valence electrons. The molecule has 6 heteroatoms. The highest BCUT2D eigenvalue weighted by atomic mass is 16.6. The first-order chi connectivity index (χ1) is 21.4. The predicted molar refractivity (Wildman–Crippen MR) is 185 cm³/mol. The van der Waals surface area contributed by atoms with Crippen LogP contribution in [0.1, 0.15) is 207 Å². The second-order valence-corrected chi connectivity index (χ2v) is 13.1. The number of nitrogens with one attached hydrogen (secondary N) is 1. The van der Waals surface area contributed by atoms with E-state index in [1.165, 1.54) is 149 Å². The van der Waals surface area contributed by atoms with Gasteiger partial charge in [0, 0.05) is 20.3 Å². The van der Waals surface area contributed by atoms with Crippen LogP contribution in [0.2, 0.25) is 0 Å². The average Bonchev–Trinajstić information content (AvgIpc) is 2.99. The molecule has 0 spiro atoms. The number of ether oxygens (including phenoxy) is 2. The molecule has 0 fully saturated rings. The third-order valence-electron chi connectivity index (χ3n) is 8.68. The highest BCUT2D eigenvalue weighted by Crippen LogP contribution is 2.17. The maximum atomic E-state index is 12.8. The highest BCUT2D eigenvalue weighted by Gasteiger charge is 2.27. The quantitative estimate of drug-likeness (QED) is 0.0581. The van der Waals surface area contributed by atoms with Gasteiger partial charge < -0.3 is 14.8 Å². The molecular formula is C38H73NO5. The van der Waals surface area contributed by atoms with Gasteiger partial charge in [0.15, 0.2) is 0 Å². The van der Waals surface area contributed by atoms with Crippen LogP contribution >= 0.6 is 0 Å². The molecule has 2 atom stereocenters. The Morgan fingerprint density at radius 3 is 1.23 bits per heavy atom.